The van der Waals surface area contributed by atoms with Gasteiger partial charge >= 0.3 is 10.3 Å². The van der Waals surface area contributed by atoms with Crippen molar-refractivity contribution in [2.24, 2.45) is 33.7 Å². The average Bonchev–Trinajstić information content (AvgIpc) is 3.33. The van der Waals surface area contributed by atoms with Gasteiger partial charge in [0, 0.05) is 11.1 Å². The first-order valence-corrected chi connectivity index (χ1v) is 13.7. The van der Waals surface area contributed by atoms with Gasteiger partial charge in [0.15, 0.2) is 0 Å². The fourth-order valence-electron chi connectivity index (χ4n) is 7.97. The first-order valence-electron chi connectivity index (χ1n) is 12.2. The Bertz CT molecular complexity index is 1280. The first kappa shape index (κ1) is 21.6. The molecule has 0 saturated heterocycles. The van der Waals surface area contributed by atoms with Gasteiger partial charge < -0.3 is 4.57 Å². The zero-order valence-corrected chi connectivity index (χ0v) is 20.2. The summed E-state index contributed by atoms with van der Waals surface area (Å²) in [6.07, 6.45) is 13.5. The smallest absolute Gasteiger partial charge is 0.302 e. The second kappa shape index (κ2) is 7.27. The Balaban J connectivity index is 1.29. The molecule has 2 saturated carbocycles. The maximum atomic E-state index is 11.5. The van der Waals surface area contributed by atoms with E-state index in [9.17, 15) is 8.42 Å². The molecular weight excluding hydrogens is 434 g/mol. The molecule has 0 aliphatic heterocycles. The molecule has 4 aliphatic rings. The van der Waals surface area contributed by atoms with Crippen molar-refractivity contribution in [1.82, 2.24) is 9.55 Å². The number of nitrogens with two attached hydrogens (primary N) is 1. The van der Waals surface area contributed by atoms with Crippen LogP contribution in [0.5, 0.6) is 0 Å². The Morgan fingerprint density at radius 2 is 1.85 bits per heavy atom. The Kier molecular flexibility index (Phi) is 4.75. The quantitative estimate of drug-likeness (QED) is 0.641. The average molecular weight is 468 g/mol. The van der Waals surface area contributed by atoms with Crippen LogP contribution in [0.3, 0.4) is 0 Å². The van der Waals surface area contributed by atoms with Gasteiger partial charge in [-0.2, -0.15) is 8.42 Å². The van der Waals surface area contributed by atoms with Crippen molar-refractivity contribution in [1.29, 1.82) is 0 Å². The lowest BCUT2D eigenvalue weighted by Gasteiger charge is -2.57. The lowest BCUT2D eigenvalue weighted by Crippen LogP contribution is -2.50. The van der Waals surface area contributed by atoms with Crippen molar-refractivity contribution in [3.05, 3.63) is 48.3 Å². The summed E-state index contributed by atoms with van der Waals surface area (Å²) in [6.45, 7) is 4.89. The standard InChI is InChI=1S/C26H33N3O3S/c1-25-13-11-18(32-33(27,30)31)15-17(25)7-8-19-20-9-10-24(26(20,2)14-12-21(19)25)29-16-28-22-5-3-4-6-23(22)29/h3-7,10,16,18-21H,8-9,11-15H2,1-2H3,(H2,27,30,31)/t18-,19?,20?,21?,25-,26-/m0/s1. The molecule has 3 unspecified atom stereocenters. The lowest BCUT2D eigenvalue weighted by atomic mass is 9.48. The number of hydrogen-bond acceptors (Lipinski definition) is 4. The summed E-state index contributed by atoms with van der Waals surface area (Å²) >= 11 is 0. The highest BCUT2D eigenvalue weighted by atomic mass is 32.2. The van der Waals surface area contributed by atoms with Gasteiger partial charge in [0.25, 0.3) is 0 Å². The van der Waals surface area contributed by atoms with E-state index in [1.807, 2.05) is 12.4 Å². The number of imidazole rings is 1. The third-order valence-corrected chi connectivity index (χ3v) is 10.1. The molecule has 4 aliphatic carbocycles. The molecular formula is C26H33N3O3S. The number of rotatable bonds is 3. The van der Waals surface area contributed by atoms with Crippen molar-refractivity contribution in [2.45, 2.75) is 64.9 Å². The zero-order chi connectivity index (χ0) is 23.0. The number of fused-ring (bicyclic) bond motifs is 6. The second-order valence-corrected chi connectivity index (χ2v) is 12.3. The third-order valence-electron chi connectivity index (χ3n) is 9.58. The minimum atomic E-state index is -3.91. The maximum Gasteiger partial charge on any atom is 0.333 e. The lowest BCUT2D eigenvalue weighted by molar-refractivity contribution is -0.0217. The van der Waals surface area contributed by atoms with Crippen molar-refractivity contribution >= 4 is 27.0 Å². The summed E-state index contributed by atoms with van der Waals surface area (Å²) in [4.78, 5) is 4.66. The number of para-hydroxylation sites is 2. The Labute approximate surface area is 196 Å². The third kappa shape index (κ3) is 3.27. The van der Waals surface area contributed by atoms with E-state index in [0.717, 1.165) is 31.2 Å². The molecule has 0 radical (unpaired) electrons. The normalized spacial score (nSPS) is 38.3. The van der Waals surface area contributed by atoms with Crippen molar-refractivity contribution in [3.63, 3.8) is 0 Å². The van der Waals surface area contributed by atoms with E-state index in [1.54, 1.807) is 0 Å². The summed E-state index contributed by atoms with van der Waals surface area (Å²) in [5.74, 6) is 1.91. The van der Waals surface area contributed by atoms with E-state index in [4.69, 9.17) is 9.32 Å². The Morgan fingerprint density at radius 1 is 1.06 bits per heavy atom. The highest BCUT2D eigenvalue weighted by Crippen LogP contribution is 2.65. The Morgan fingerprint density at radius 3 is 2.67 bits per heavy atom. The molecule has 2 N–H and O–H groups in total. The molecule has 7 heteroatoms. The molecule has 2 fully saturated rings. The number of allylic oxidation sites excluding steroid dienone is 3. The summed E-state index contributed by atoms with van der Waals surface area (Å²) in [7, 11) is -3.91. The van der Waals surface area contributed by atoms with Crippen LogP contribution in [0, 0.1) is 28.6 Å². The van der Waals surface area contributed by atoms with Crippen molar-refractivity contribution < 1.29 is 12.6 Å². The van der Waals surface area contributed by atoms with Gasteiger partial charge in [-0.3, -0.25) is 4.18 Å². The number of hydrogen-bond donors (Lipinski definition) is 1. The molecule has 176 valence electrons. The highest BCUT2D eigenvalue weighted by molar-refractivity contribution is 7.84. The predicted octanol–water partition coefficient (Wildman–Crippen LogP) is 5.04. The van der Waals surface area contributed by atoms with Crippen LogP contribution in [-0.4, -0.2) is 24.1 Å². The van der Waals surface area contributed by atoms with Crippen molar-refractivity contribution in [3.8, 4) is 0 Å². The first-order chi connectivity index (χ1) is 15.7. The predicted molar refractivity (Wildman–Crippen MR) is 129 cm³/mol. The topological polar surface area (TPSA) is 87.2 Å². The number of aromatic nitrogens is 2. The molecule has 2 aromatic rings. The molecule has 33 heavy (non-hydrogen) atoms. The van der Waals surface area contributed by atoms with Crippen molar-refractivity contribution in [2.75, 3.05) is 0 Å². The summed E-state index contributed by atoms with van der Waals surface area (Å²) in [5, 5.41) is 5.15. The van der Waals surface area contributed by atoms with Gasteiger partial charge in [-0.05, 0) is 80.2 Å². The Hall–Kier alpha value is -1.96. The van der Waals surface area contributed by atoms with E-state index in [1.165, 1.54) is 29.6 Å². The maximum absolute atomic E-state index is 11.5. The SMILES string of the molecule is C[C@]12CC[C@H](OS(N)(=O)=O)CC1=CCC1C2CC[C@]2(C)C(n3cnc4ccccc43)=CCC12. The van der Waals surface area contributed by atoms with Gasteiger partial charge in [0.05, 0.1) is 17.1 Å². The fraction of sp³-hybridized carbons (Fsp3) is 0.577. The molecule has 6 atom stereocenters. The van der Waals surface area contributed by atoms with E-state index in [0.29, 0.717) is 24.2 Å². The van der Waals surface area contributed by atoms with Gasteiger partial charge in [-0.15, -0.1) is 0 Å². The van der Waals surface area contributed by atoms with Crippen LogP contribution in [0.15, 0.2) is 48.3 Å². The van der Waals surface area contributed by atoms with Crippen LogP contribution in [0.2, 0.25) is 0 Å². The number of benzene rings is 1. The summed E-state index contributed by atoms with van der Waals surface area (Å²) in [6, 6.07) is 8.40. The molecule has 6 rings (SSSR count). The van der Waals surface area contributed by atoms with E-state index >= 15 is 0 Å². The summed E-state index contributed by atoms with van der Waals surface area (Å²) in [5.41, 5.74) is 5.34. The van der Waals surface area contributed by atoms with Crippen LogP contribution >= 0.6 is 0 Å². The molecule has 1 aromatic heterocycles. The fourth-order valence-corrected chi connectivity index (χ4v) is 8.51. The largest absolute Gasteiger partial charge is 0.333 e. The highest BCUT2D eigenvalue weighted by Gasteiger charge is 2.57. The molecule has 0 amide bonds. The van der Waals surface area contributed by atoms with E-state index < -0.39 is 10.3 Å². The monoisotopic (exact) mass is 467 g/mol. The minimum absolute atomic E-state index is 0.132. The zero-order valence-electron chi connectivity index (χ0n) is 19.4. The summed E-state index contributed by atoms with van der Waals surface area (Å²) < 4.78 is 30.4. The van der Waals surface area contributed by atoms with Crippen LogP contribution < -0.4 is 5.14 Å². The molecule has 1 aromatic carbocycles. The second-order valence-electron chi connectivity index (χ2n) is 11.1. The van der Waals surface area contributed by atoms with Gasteiger partial charge in [0.1, 0.15) is 6.33 Å². The van der Waals surface area contributed by atoms with Gasteiger partial charge in [0.2, 0.25) is 0 Å². The van der Waals surface area contributed by atoms with Gasteiger partial charge in [-0.1, -0.05) is 43.7 Å². The van der Waals surface area contributed by atoms with E-state index in [-0.39, 0.29) is 16.9 Å². The molecule has 6 nitrogen and oxygen atoms in total. The molecule has 0 spiro atoms. The minimum Gasteiger partial charge on any atom is -0.302 e. The molecule has 1 heterocycles. The van der Waals surface area contributed by atoms with Crippen LogP contribution in [0.4, 0.5) is 0 Å². The number of nitrogens with zero attached hydrogens (tertiary/aromatic N) is 2. The van der Waals surface area contributed by atoms with Crippen LogP contribution in [0.1, 0.15) is 58.8 Å². The van der Waals surface area contributed by atoms with Crippen LogP contribution in [0.25, 0.3) is 16.7 Å². The van der Waals surface area contributed by atoms with Crippen LogP contribution in [-0.2, 0) is 14.5 Å². The van der Waals surface area contributed by atoms with Gasteiger partial charge in [-0.25, -0.2) is 10.1 Å². The molecule has 0 bridgehead atoms. The van der Waals surface area contributed by atoms with E-state index in [2.05, 4.69) is 53.7 Å².